The molecule has 0 aromatic heterocycles. The number of carbonyl (C=O) groups excluding carboxylic acids is 2. The summed E-state index contributed by atoms with van der Waals surface area (Å²) in [4.78, 5) is 35.2. The largest absolute Gasteiger partial charge is 0.481 e. The molecule has 6 heteroatoms. The highest BCUT2D eigenvalue weighted by atomic mass is 16.4. The Morgan fingerprint density at radius 1 is 1.04 bits per heavy atom. The number of carboxylic acids is 1. The normalized spacial score (nSPS) is 20.3. The molecule has 23 heavy (non-hydrogen) atoms. The maximum Gasteiger partial charge on any atom is 0.308 e. The third kappa shape index (κ3) is 4.31. The van der Waals surface area contributed by atoms with Crippen LogP contribution in [-0.2, 0) is 4.79 Å². The maximum absolute atomic E-state index is 12.2. The lowest BCUT2D eigenvalue weighted by Crippen LogP contribution is -2.40. The Balaban J connectivity index is 2.00. The van der Waals surface area contributed by atoms with Gasteiger partial charge in [-0.3, -0.25) is 14.4 Å². The second-order valence-corrected chi connectivity index (χ2v) is 6.16. The van der Waals surface area contributed by atoms with Gasteiger partial charge in [-0.1, -0.05) is 6.42 Å². The van der Waals surface area contributed by atoms with Crippen LogP contribution >= 0.6 is 0 Å². The first-order valence-corrected chi connectivity index (χ1v) is 7.83. The Morgan fingerprint density at radius 2 is 1.61 bits per heavy atom. The van der Waals surface area contributed by atoms with E-state index in [2.05, 4.69) is 10.6 Å². The standard InChI is InChI=1S/C17H22N2O4/c1-10(2)18-15(20)11-6-8-12(9-7-11)16(21)19-14-5-3-4-13(14)17(22)23/h6-10,13-14H,3-5H2,1-2H3,(H,18,20)(H,19,21)(H,22,23)/t13-,14+/m0/s1. The van der Waals surface area contributed by atoms with Crippen molar-refractivity contribution in [1.82, 2.24) is 10.6 Å². The molecule has 1 aliphatic carbocycles. The van der Waals surface area contributed by atoms with Crippen molar-refractivity contribution in [3.05, 3.63) is 35.4 Å². The zero-order valence-corrected chi connectivity index (χ0v) is 13.3. The van der Waals surface area contributed by atoms with E-state index in [1.807, 2.05) is 13.8 Å². The molecular formula is C17H22N2O4. The summed E-state index contributed by atoms with van der Waals surface area (Å²) < 4.78 is 0. The lowest BCUT2D eigenvalue weighted by molar-refractivity contribution is -0.142. The molecule has 1 aromatic rings. The minimum Gasteiger partial charge on any atom is -0.481 e. The monoisotopic (exact) mass is 318 g/mol. The van der Waals surface area contributed by atoms with E-state index in [4.69, 9.17) is 5.11 Å². The number of carboxylic acid groups (broad SMARTS) is 1. The number of hydrogen-bond acceptors (Lipinski definition) is 3. The lowest BCUT2D eigenvalue weighted by atomic mass is 10.0. The van der Waals surface area contributed by atoms with Gasteiger partial charge in [0.25, 0.3) is 11.8 Å². The van der Waals surface area contributed by atoms with Crippen LogP contribution < -0.4 is 10.6 Å². The zero-order valence-electron chi connectivity index (χ0n) is 13.3. The van der Waals surface area contributed by atoms with Crippen molar-refractivity contribution in [3.63, 3.8) is 0 Å². The molecule has 1 saturated carbocycles. The molecular weight excluding hydrogens is 296 g/mol. The molecule has 2 amide bonds. The fraction of sp³-hybridized carbons (Fsp3) is 0.471. The smallest absolute Gasteiger partial charge is 0.308 e. The number of rotatable bonds is 5. The summed E-state index contributed by atoms with van der Waals surface area (Å²) >= 11 is 0. The van der Waals surface area contributed by atoms with Gasteiger partial charge >= 0.3 is 5.97 Å². The van der Waals surface area contributed by atoms with Crippen molar-refractivity contribution in [1.29, 1.82) is 0 Å². The molecule has 0 bridgehead atoms. The fourth-order valence-corrected chi connectivity index (χ4v) is 2.80. The molecule has 2 atom stereocenters. The molecule has 2 rings (SSSR count). The number of amides is 2. The van der Waals surface area contributed by atoms with Gasteiger partial charge in [-0.25, -0.2) is 0 Å². The van der Waals surface area contributed by atoms with Crippen molar-refractivity contribution in [2.75, 3.05) is 0 Å². The highest BCUT2D eigenvalue weighted by Gasteiger charge is 2.33. The summed E-state index contributed by atoms with van der Waals surface area (Å²) in [6.07, 6.45) is 2.07. The molecule has 0 saturated heterocycles. The molecule has 124 valence electrons. The summed E-state index contributed by atoms with van der Waals surface area (Å²) in [7, 11) is 0. The second kappa shape index (κ2) is 7.26. The Morgan fingerprint density at radius 3 is 2.13 bits per heavy atom. The first-order valence-electron chi connectivity index (χ1n) is 7.83. The highest BCUT2D eigenvalue weighted by Crippen LogP contribution is 2.26. The Kier molecular flexibility index (Phi) is 5.36. The Bertz CT molecular complexity index is 595. The molecule has 6 nitrogen and oxygen atoms in total. The summed E-state index contributed by atoms with van der Waals surface area (Å²) in [6.45, 7) is 3.75. The molecule has 1 fully saturated rings. The van der Waals surface area contributed by atoms with E-state index < -0.39 is 11.9 Å². The predicted molar refractivity (Wildman–Crippen MR) is 85.3 cm³/mol. The van der Waals surface area contributed by atoms with E-state index in [9.17, 15) is 14.4 Å². The van der Waals surface area contributed by atoms with Crippen LogP contribution in [-0.4, -0.2) is 35.0 Å². The van der Waals surface area contributed by atoms with Gasteiger partial charge in [0.1, 0.15) is 0 Å². The van der Waals surface area contributed by atoms with Crippen LogP contribution in [0.15, 0.2) is 24.3 Å². The van der Waals surface area contributed by atoms with Gasteiger partial charge in [0.05, 0.1) is 5.92 Å². The van der Waals surface area contributed by atoms with Crippen LogP contribution in [0.25, 0.3) is 0 Å². The number of hydrogen-bond donors (Lipinski definition) is 3. The fourth-order valence-electron chi connectivity index (χ4n) is 2.80. The molecule has 0 unspecified atom stereocenters. The van der Waals surface area contributed by atoms with Gasteiger partial charge in [0.2, 0.25) is 0 Å². The number of aliphatic carboxylic acids is 1. The van der Waals surface area contributed by atoms with Crippen molar-refractivity contribution in [2.24, 2.45) is 5.92 Å². The topological polar surface area (TPSA) is 95.5 Å². The van der Waals surface area contributed by atoms with Gasteiger partial charge in [0, 0.05) is 23.2 Å². The van der Waals surface area contributed by atoms with Crippen molar-refractivity contribution in [2.45, 2.75) is 45.2 Å². The predicted octanol–water partition coefficient (Wildman–Crippen LogP) is 1.81. The Hall–Kier alpha value is -2.37. The van der Waals surface area contributed by atoms with Gasteiger partial charge in [0.15, 0.2) is 0 Å². The van der Waals surface area contributed by atoms with Crippen LogP contribution in [0, 0.1) is 5.92 Å². The van der Waals surface area contributed by atoms with E-state index >= 15 is 0 Å². The summed E-state index contributed by atoms with van der Waals surface area (Å²) in [5.41, 5.74) is 0.904. The minimum absolute atomic E-state index is 0.0424. The molecule has 0 aliphatic heterocycles. The number of benzene rings is 1. The van der Waals surface area contributed by atoms with Crippen molar-refractivity contribution >= 4 is 17.8 Å². The first-order chi connectivity index (χ1) is 10.9. The van der Waals surface area contributed by atoms with Crippen molar-refractivity contribution < 1.29 is 19.5 Å². The first kappa shape index (κ1) is 17.0. The average Bonchev–Trinajstić information content (AvgIpc) is 2.95. The quantitative estimate of drug-likeness (QED) is 0.771. The molecule has 0 radical (unpaired) electrons. The van der Waals surface area contributed by atoms with Gasteiger partial charge < -0.3 is 15.7 Å². The van der Waals surface area contributed by atoms with Crippen LogP contribution in [0.1, 0.15) is 53.8 Å². The summed E-state index contributed by atoms with van der Waals surface area (Å²) in [6, 6.07) is 6.06. The van der Waals surface area contributed by atoms with Gasteiger partial charge in [-0.2, -0.15) is 0 Å². The van der Waals surface area contributed by atoms with Crippen molar-refractivity contribution in [3.8, 4) is 0 Å². The van der Waals surface area contributed by atoms with Crippen LogP contribution in [0.2, 0.25) is 0 Å². The minimum atomic E-state index is -0.867. The molecule has 1 aliphatic rings. The second-order valence-electron chi connectivity index (χ2n) is 6.16. The number of carbonyl (C=O) groups is 3. The van der Waals surface area contributed by atoms with Crippen LogP contribution in [0.4, 0.5) is 0 Å². The van der Waals surface area contributed by atoms with Gasteiger partial charge in [-0.05, 0) is 51.0 Å². The summed E-state index contributed by atoms with van der Waals surface area (Å²) in [5.74, 6) is -1.88. The van der Waals surface area contributed by atoms with E-state index in [1.165, 1.54) is 0 Å². The van der Waals surface area contributed by atoms with Crippen LogP contribution in [0.5, 0.6) is 0 Å². The zero-order chi connectivity index (χ0) is 17.0. The average molecular weight is 318 g/mol. The van der Waals surface area contributed by atoms with E-state index in [-0.39, 0.29) is 23.9 Å². The highest BCUT2D eigenvalue weighted by molar-refractivity contribution is 5.98. The molecule has 3 N–H and O–H groups in total. The summed E-state index contributed by atoms with van der Waals surface area (Å²) in [5, 5.41) is 14.7. The third-order valence-corrected chi connectivity index (χ3v) is 3.98. The van der Waals surface area contributed by atoms with Crippen LogP contribution in [0.3, 0.4) is 0 Å². The molecule has 0 spiro atoms. The SMILES string of the molecule is CC(C)NC(=O)c1ccc(C(=O)N[C@@H]2CCC[C@@H]2C(=O)O)cc1. The molecule has 1 aromatic carbocycles. The van der Waals surface area contributed by atoms with E-state index in [1.54, 1.807) is 24.3 Å². The third-order valence-electron chi connectivity index (χ3n) is 3.98. The number of nitrogens with one attached hydrogen (secondary N) is 2. The van der Waals surface area contributed by atoms with E-state index in [0.717, 1.165) is 6.42 Å². The Labute approximate surface area is 135 Å². The van der Waals surface area contributed by atoms with E-state index in [0.29, 0.717) is 24.0 Å². The lowest BCUT2D eigenvalue weighted by Gasteiger charge is -2.17. The molecule has 0 heterocycles. The van der Waals surface area contributed by atoms with Gasteiger partial charge in [-0.15, -0.1) is 0 Å². The maximum atomic E-state index is 12.2.